The summed E-state index contributed by atoms with van der Waals surface area (Å²) in [5.74, 6) is -1.16. The molecule has 0 saturated heterocycles. The molecule has 0 aliphatic carbocycles. The van der Waals surface area contributed by atoms with Crippen molar-refractivity contribution < 1.29 is 14.3 Å². The molecule has 1 aliphatic heterocycles. The maximum absolute atomic E-state index is 12.2. The summed E-state index contributed by atoms with van der Waals surface area (Å²) >= 11 is 0. The lowest BCUT2D eigenvalue weighted by molar-refractivity contribution is 0.0443. The average molecular weight is 308 g/mol. The van der Waals surface area contributed by atoms with Gasteiger partial charge in [-0.15, -0.1) is 0 Å². The molecule has 1 aromatic carbocycles. The van der Waals surface area contributed by atoms with Crippen LogP contribution in [0.4, 0.5) is 0 Å². The molecule has 0 spiro atoms. The van der Waals surface area contributed by atoms with Gasteiger partial charge in [0, 0.05) is 0 Å². The van der Waals surface area contributed by atoms with E-state index in [1.54, 1.807) is 0 Å². The van der Waals surface area contributed by atoms with Crippen LogP contribution < -0.4 is 0 Å². The SMILES string of the molecule is C/C=C\c1c(/C=C\C)c(/C=C\C)c2c(c1/C=C\C)C(=O)OC2=O. The molecule has 0 atom stereocenters. The van der Waals surface area contributed by atoms with Crippen LogP contribution in [0, 0.1) is 0 Å². The molecule has 3 heteroatoms. The lowest BCUT2D eigenvalue weighted by atomic mass is 9.86. The zero-order chi connectivity index (χ0) is 17.0. The van der Waals surface area contributed by atoms with E-state index in [0.717, 1.165) is 22.3 Å². The second-order valence-corrected chi connectivity index (χ2v) is 5.08. The van der Waals surface area contributed by atoms with Crippen LogP contribution in [-0.2, 0) is 4.74 Å². The molecule has 0 unspecified atom stereocenters. The Balaban J connectivity index is 3.08. The number of fused-ring (bicyclic) bond motifs is 1. The molecule has 3 nitrogen and oxygen atoms in total. The van der Waals surface area contributed by atoms with Gasteiger partial charge in [-0.05, 0) is 49.9 Å². The van der Waals surface area contributed by atoms with E-state index >= 15 is 0 Å². The highest BCUT2D eigenvalue weighted by Crippen LogP contribution is 2.36. The highest BCUT2D eigenvalue weighted by atomic mass is 16.6. The predicted molar refractivity (Wildman–Crippen MR) is 95.0 cm³/mol. The van der Waals surface area contributed by atoms with Gasteiger partial charge in [0.25, 0.3) is 0 Å². The number of allylic oxidation sites excluding steroid dienone is 4. The minimum atomic E-state index is -0.582. The summed E-state index contributed by atoms with van der Waals surface area (Å²) in [6, 6.07) is 0. The average Bonchev–Trinajstić information content (AvgIpc) is 2.81. The van der Waals surface area contributed by atoms with E-state index in [2.05, 4.69) is 0 Å². The topological polar surface area (TPSA) is 43.4 Å². The van der Waals surface area contributed by atoms with Crippen molar-refractivity contribution >= 4 is 36.2 Å². The fraction of sp³-hybridized carbons (Fsp3) is 0.200. The van der Waals surface area contributed by atoms with Crippen LogP contribution in [0.25, 0.3) is 24.3 Å². The Morgan fingerprint density at radius 3 is 1.17 bits per heavy atom. The summed E-state index contributed by atoms with van der Waals surface area (Å²) in [7, 11) is 0. The largest absolute Gasteiger partial charge is 0.386 e. The Morgan fingerprint density at radius 2 is 0.870 bits per heavy atom. The molecule has 23 heavy (non-hydrogen) atoms. The maximum atomic E-state index is 12.2. The Labute approximate surface area is 136 Å². The van der Waals surface area contributed by atoms with Crippen LogP contribution in [0.1, 0.15) is 70.7 Å². The zero-order valence-corrected chi connectivity index (χ0v) is 13.8. The summed E-state index contributed by atoms with van der Waals surface area (Å²) in [6.07, 6.45) is 15.1. The summed E-state index contributed by atoms with van der Waals surface area (Å²) in [4.78, 5) is 24.4. The van der Waals surface area contributed by atoms with Gasteiger partial charge in [0.05, 0.1) is 11.1 Å². The first kappa shape index (κ1) is 16.7. The summed E-state index contributed by atoms with van der Waals surface area (Å²) in [5, 5.41) is 0. The van der Waals surface area contributed by atoms with E-state index in [4.69, 9.17) is 4.74 Å². The Kier molecular flexibility index (Phi) is 5.12. The number of carbonyl (C=O) groups excluding carboxylic acids is 2. The van der Waals surface area contributed by atoms with Crippen molar-refractivity contribution in [1.82, 2.24) is 0 Å². The molecule has 0 aromatic heterocycles. The second kappa shape index (κ2) is 7.05. The molecule has 0 saturated carbocycles. The van der Waals surface area contributed by atoms with Crippen LogP contribution in [0.15, 0.2) is 24.3 Å². The van der Waals surface area contributed by atoms with Gasteiger partial charge in [-0.25, -0.2) is 9.59 Å². The van der Waals surface area contributed by atoms with Crippen LogP contribution in [0.3, 0.4) is 0 Å². The smallest absolute Gasteiger partial charge is 0.347 e. The third kappa shape index (κ3) is 2.82. The number of esters is 2. The van der Waals surface area contributed by atoms with Gasteiger partial charge in [-0.1, -0.05) is 48.6 Å². The third-order valence-corrected chi connectivity index (χ3v) is 3.59. The highest BCUT2D eigenvalue weighted by molar-refractivity contribution is 6.19. The van der Waals surface area contributed by atoms with Crippen molar-refractivity contribution in [2.75, 3.05) is 0 Å². The van der Waals surface area contributed by atoms with E-state index in [-0.39, 0.29) is 0 Å². The maximum Gasteiger partial charge on any atom is 0.347 e. The zero-order valence-electron chi connectivity index (χ0n) is 13.8. The predicted octanol–water partition coefficient (Wildman–Crippen LogP) is 5.13. The number of ether oxygens (including phenoxy) is 1. The molecule has 0 fully saturated rings. The van der Waals surface area contributed by atoms with Gasteiger partial charge in [0.15, 0.2) is 0 Å². The van der Waals surface area contributed by atoms with E-state index in [9.17, 15) is 9.59 Å². The Bertz CT molecular complexity index is 710. The molecular weight excluding hydrogens is 288 g/mol. The van der Waals surface area contributed by atoms with Crippen molar-refractivity contribution in [2.45, 2.75) is 27.7 Å². The first-order valence-electron chi connectivity index (χ1n) is 7.61. The first-order valence-corrected chi connectivity index (χ1v) is 7.61. The van der Waals surface area contributed by atoms with Crippen LogP contribution in [-0.4, -0.2) is 11.9 Å². The van der Waals surface area contributed by atoms with Crippen molar-refractivity contribution in [3.63, 3.8) is 0 Å². The molecule has 0 amide bonds. The van der Waals surface area contributed by atoms with E-state index in [0.29, 0.717) is 11.1 Å². The van der Waals surface area contributed by atoms with Crippen molar-refractivity contribution in [2.24, 2.45) is 0 Å². The molecule has 0 N–H and O–H groups in total. The monoisotopic (exact) mass is 308 g/mol. The second-order valence-electron chi connectivity index (χ2n) is 5.08. The molecule has 118 valence electrons. The van der Waals surface area contributed by atoms with Crippen molar-refractivity contribution in [3.05, 3.63) is 57.7 Å². The van der Waals surface area contributed by atoms with Gasteiger partial charge in [0.1, 0.15) is 0 Å². The molecular formula is C20H20O3. The standard InChI is InChI=1S/C20H20O3/c1-5-9-13-14(10-6-2)16(12-8-4)18-17(15(13)11-7-3)19(21)23-20(18)22/h5-12H,1-4H3/b9-5-,10-6-,11-7-,12-8-. The molecule has 1 aromatic rings. The minimum absolute atomic E-state index is 0.350. The fourth-order valence-electron chi connectivity index (χ4n) is 2.81. The fourth-order valence-corrected chi connectivity index (χ4v) is 2.81. The molecule has 0 radical (unpaired) electrons. The number of rotatable bonds is 4. The molecule has 0 bridgehead atoms. The van der Waals surface area contributed by atoms with Crippen LogP contribution >= 0.6 is 0 Å². The van der Waals surface area contributed by atoms with Gasteiger partial charge in [0.2, 0.25) is 0 Å². The van der Waals surface area contributed by atoms with Gasteiger partial charge in [-0.3, -0.25) is 0 Å². The van der Waals surface area contributed by atoms with Crippen molar-refractivity contribution in [1.29, 1.82) is 0 Å². The number of benzene rings is 1. The van der Waals surface area contributed by atoms with Gasteiger partial charge < -0.3 is 4.74 Å². The normalized spacial score (nSPS) is 14.8. The van der Waals surface area contributed by atoms with Crippen molar-refractivity contribution in [3.8, 4) is 0 Å². The summed E-state index contributed by atoms with van der Waals surface area (Å²) < 4.78 is 4.88. The van der Waals surface area contributed by atoms with Gasteiger partial charge in [-0.2, -0.15) is 0 Å². The quantitative estimate of drug-likeness (QED) is 0.572. The van der Waals surface area contributed by atoms with Crippen LogP contribution in [0.2, 0.25) is 0 Å². The number of hydrogen-bond acceptors (Lipinski definition) is 3. The lowest BCUT2D eigenvalue weighted by Crippen LogP contribution is -2.05. The van der Waals surface area contributed by atoms with Crippen LogP contribution in [0.5, 0.6) is 0 Å². The Hall–Kier alpha value is -2.68. The summed E-state index contributed by atoms with van der Waals surface area (Å²) in [5.41, 5.74) is 3.95. The number of carbonyl (C=O) groups is 2. The third-order valence-electron chi connectivity index (χ3n) is 3.59. The van der Waals surface area contributed by atoms with E-state index < -0.39 is 11.9 Å². The molecule has 2 rings (SSSR count). The summed E-state index contributed by atoms with van der Waals surface area (Å²) in [6.45, 7) is 7.60. The Morgan fingerprint density at radius 1 is 0.565 bits per heavy atom. The lowest BCUT2D eigenvalue weighted by Gasteiger charge is -2.14. The highest BCUT2D eigenvalue weighted by Gasteiger charge is 2.36. The number of hydrogen-bond donors (Lipinski definition) is 0. The van der Waals surface area contributed by atoms with E-state index in [1.807, 2.05) is 76.3 Å². The van der Waals surface area contributed by atoms with E-state index in [1.165, 1.54) is 0 Å². The number of cyclic esters (lactones) is 2. The first-order chi connectivity index (χ1) is 11.1. The molecule has 1 heterocycles. The van der Waals surface area contributed by atoms with Gasteiger partial charge >= 0.3 is 11.9 Å². The molecule has 1 aliphatic rings. The minimum Gasteiger partial charge on any atom is -0.386 e.